The first-order chi connectivity index (χ1) is 10.1. The highest BCUT2D eigenvalue weighted by atomic mass is 35.5. The van der Waals surface area contributed by atoms with Gasteiger partial charge in [0, 0.05) is 21.5 Å². The van der Waals surface area contributed by atoms with Gasteiger partial charge < -0.3 is 9.72 Å². The average molecular weight is 300 g/mol. The smallest absolute Gasteiger partial charge is 0.355 e. The lowest BCUT2D eigenvalue weighted by Gasteiger charge is -2.04. The number of carbonyl (C=O) groups is 1. The normalized spacial score (nSPS) is 10.8. The molecular formula is C17H14ClNO2. The van der Waals surface area contributed by atoms with E-state index in [2.05, 4.69) is 4.98 Å². The molecule has 0 saturated carbocycles. The summed E-state index contributed by atoms with van der Waals surface area (Å²) in [5.41, 5.74) is 4.26. The van der Waals surface area contributed by atoms with Crippen LogP contribution in [0.15, 0.2) is 42.5 Å². The van der Waals surface area contributed by atoms with E-state index in [0.717, 1.165) is 27.6 Å². The molecule has 0 aliphatic heterocycles. The molecule has 0 amide bonds. The van der Waals surface area contributed by atoms with E-state index in [0.29, 0.717) is 10.7 Å². The van der Waals surface area contributed by atoms with Gasteiger partial charge in [0.1, 0.15) is 5.69 Å². The molecule has 0 spiro atoms. The van der Waals surface area contributed by atoms with Gasteiger partial charge in [-0.1, -0.05) is 41.9 Å². The number of ether oxygens (including phenoxy) is 1. The number of rotatable bonds is 2. The molecule has 0 radical (unpaired) electrons. The first-order valence-corrected chi connectivity index (χ1v) is 6.95. The van der Waals surface area contributed by atoms with E-state index in [4.69, 9.17) is 16.3 Å². The van der Waals surface area contributed by atoms with Crippen LogP contribution in [0.1, 0.15) is 16.1 Å². The van der Waals surface area contributed by atoms with Gasteiger partial charge in [-0.25, -0.2) is 4.79 Å². The molecule has 1 aromatic heterocycles. The number of aromatic amines is 1. The molecular weight excluding hydrogens is 286 g/mol. The lowest BCUT2D eigenvalue weighted by molar-refractivity contribution is 0.0596. The summed E-state index contributed by atoms with van der Waals surface area (Å²) in [7, 11) is 1.38. The van der Waals surface area contributed by atoms with Gasteiger partial charge >= 0.3 is 5.97 Å². The summed E-state index contributed by atoms with van der Waals surface area (Å²) in [6.07, 6.45) is 0. The Morgan fingerprint density at radius 2 is 1.86 bits per heavy atom. The first-order valence-electron chi connectivity index (χ1n) is 6.57. The molecule has 0 fully saturated rings. The Bertz CT molecular complexity index is 819. The van der Waals surface area contributed by atoms with E-state index in [-0.39, 0.29) is 5.97 Å². The van der Waals surface area contributed by atoms with Crippen LogP contribution in [0.3, 0.4) is 0 Å². The zero-order valence-corrected chi connectivity index (χ0v) is 12.5. The molecule has 106 valence electrons. The number of hydrogen-bond donors (Lipinski definition) is 1. The molecule has 21 heavy (non-hydrogen) atoms. The van der Waals surface area contributed by atoms with E-state index in [1.165, 1.54) is 7.11 Å². The van der Waals surface area contributed by atoms with Crippen LogP contribution >= 0.6 is 11.6 Å². The van der Waals surface area contributed by atoms with Crippen LogP contribution in [0.25, 0.3) is 22.0 Å². The number of aromatic nitrogens is 1. The van der Waals surface area contributed by atoms with Crippen LogP contribution in [0.4, 0.5) is 0 Å². The Hall–Kier alpha value is -2.26. The Kier molecular flexibility index (Phi) is 3.43. The number of benzene rings is 2. The minimum Gasteiger partial charge on any atom is -0.464 e. The van der Waals surface area contributed by atoms with Gasteiger partial charge in [0.05, 0.1) is 7.11 Å². The van der Waals surface area contributed by atoms with Crippen molar-refractivity contribution in [3.8, 4) is 11.1 Å². The minimum absolute atomic E-state index is 0.379. The lowest BCUT2D eigenvalue weighted by atomic mass is 10.0. The van der Waals surface area contributed by atoms with Crippen molar-refractivity contribution < 1.29 is 9.53 Å². The molecule has 1 heterocycles. The van der Waals surface area contributed by atoms with Gasteiger partial charge in [-0.15, -0.1) is 0 Å². The molecule has 0 saturated heterocycles. The van der Waals surface area contributed by atoms with E-state index in [9.17, 15) is 4.79 Å². The monoisotopic (exact) mass is 299 g/mol. The first kappa shape index (κ1) is 13.7. The molecule has 0 aliphatic rings. The van der Waals surface area contributed by atoms with Gasteiger partial charge in [0.15, 0.2) is 0 Å². The zero-order chi connectivity index (χ0) is 15.0. The van der Waals surface area contributed by atoms with Crippen molar-refractivity contribution in [3.63, 3.8) is 0 Å². The van der Waals surface area contributed by atoms with Crippen LogP contribution in [-0.4, -0.2) is 18.1 Å². The highest BCUT2D eigenvalue weighted by molar-refractivity contribution is 6.30. The number of halogens is 1. The number of H-pyrrole nitrogens is 1. The number of carbonyl (C=O) groups excluding carboxylic acids is 1. The van der Waals surface area contributed by atoms with E-state index in [1.54, 1.807) is 0 Å². The van der Waals surface area contributed by atoms with Crippen LogP contribution in [0.5, 0.6) is 0 Å². The van der Waals surface area contributed by atoms with Gasteiger partial charge in [-0.05, 0) is 30.2 Å². The summed E-state index contributed by atoms with van der Waals surface area (Å²) in [5.74, 6) is -0.379. The third kappa shape index (κ3) is 2.30. The maximum atomic E-state index is 12.1. The van der Waals surface area contributed by atoms with Gasteiger partial charge in [-0.2, -0.15) is 0 Å². The predicted molar refractivity (Wildman–Crippen MR) is 84.8 cm³/mol. The number of para-hydroxylation sites is 1. The highest BCUT2D eigenvalue weighted by Crippen LogP contribution is 2.34. The fraction of sp³-hybridized carbons (Fsp3) is 0.118. The van der Waals surface area contributed by atoms with Crippen molar-refractivity contribution >= 4 is 28.5 Å². The average Bonchev–Trinajstić information content (AvgIpc) is 2.88. The summed E-state index contributed by atoms with van der Waals surface area (Å²) in [4.78, 5) is 15.3. The van der Waals surface area contributed by atoms with Gasteiger partial charge in [-0.3, -0.25) is 0 Å². The Morgan fingerprint density at radius 1 is 1.14 bits per heavy atom. The summed E-state index contributed by atoms with van der Waals surface area (Å²) in [5, 5.41) is 1.66. The molecule has 4 heteroatoms. The third-order valence-corrected chi connectivity index (χ3v) is 3.82. The summed E-state index contributed by atoms with van der Waals surface area (Å²) < 4.78 is 4.90. The topological polar surface area (TPSA) is 42.1 Å². The lowest BCUT2D eigenvalue weighted by Crippen LogP contribution is -2.03. The largest absolute Gasteiger partial charge is 0.464 e. The molecule has 2 aromatic carbocycles. The Labute approximate surface area is 127 Å². The second-order valence-electron chi connectivity index (χ2n) is 4.87. The minimum atomic E-state index is -0.379. The summed E-state index contributed by atoms with van der Waals surface area (Å²) in [6.45, 7) is 2.01. The molecule has 3 nitrogen and oxygen atoms in total. The fourth-order valence-electron chi connectivity index (χ4n) is 2.54. The maximum Gasteiger partial charge on any atom is 0.355 e. The van der Waals surface area contributed by atoms with Crippen molar-refractivity contribution in [1.29, 1.82) is 0 Å². The molecule has 0 aliphatic carbocycles. The third-order valence-electron chi connectivity index (χ3n) is 3.56. The summed E-state index contributed by atoms with van der Waals surface area (Å²) >= 11 is 5.95. The molecule has 1 N–H and O–H groups in total. The van der Waals surface area contributed by atoms with Crippen molar-refractivity contribution in [1.82, 2.24) is 4.98 Å². The fourth-order valence-corrected chi connectivity index (χ4v) is 2.66. The highest BCUT2D eigenvalue weighted by Gasteiger charge is 2.20. The zero-order valence-electron chi connectivity index (χ0n) is 11.7. The number of methoxy groups -OCH3 is 1. The Balaban J connectivity index is 2.35. The van der Waals surface area contributed by atoms with E-state index < -0.39 is 0 Å². The van der Waals surface area contributed by atoms with Crippen molar-refractivity contribution in [3.05, 3.63) is 58.7 Å². The van der Waals surface area contributed by atoms with Gasteiger partial charge in [0.25, 0.3) is 0 Å². The van der Waals surface area contributed by atoms with Crippen molar-refractivity contribution in [2.45, 2.75) is 6.92 Å². The maximum absolute atomic E-state index is 12.1. The van der Waals surface area contributed by atoms with E-state index in [1.807, 2.05) is 49.4 Å². The number of aryl methyl sites for hydroxylation is 1. The number of hydrogen-bond acceptors (Lipinski definition) is 2. The van der Waals surface area contributed by atoms with Crippen LogP contribution in [0.2, 0.25) is 5.02 Å². The SMILES string of the molecule is COC(=O)c1[nH]c2c(C)cccc2c1-c1ccc(Cl)cc1. The summed E-state index contributed by atoms with van der Waals surface area (Å²) in [6, 6.07) is 13.4. The van der Waals surface area contributed by atoms with Crippen molar-refractivity contribution in [2.75, 3.05) is 7.11 Å². The number of nitrogens with one attached hydrogen (secondary N) is 1. The molecule has 0 atom stereocenters. The second kappa shape index (κ2) is 5.26. The molecule has 3 rings (SSSR count). The Morgan fingerprint density at radius 3 is 2.52 bits per heavy atom. The molecule has 3 aromatic rings. The number of fused-ring (bicyclic) bond motifs is 1. The predicted octanol–water partition coefficient (Wildman–Crippen LogP) is 4.58. The van der Waals surface area contributed by atoms with Crippen molar-refractivity contribution in [2.24, 2.45) is 0 Å². The quantitative estimate of drug-likeness (QED) is 0.704. The standard InChI is InChI=1S/C17H14ClNO2/c1-10-4-3-5-13-14(11-6-8-12(18)9-7-11)16(17(20)21-2)19-15(10)13/h3-9,19H,1-2H3. The number of esters is 1. The molecule has 0 bridgehead atoms. The van der Waals surface area contributed by atoms with E-state index >= 15 is 0 Å². The van der Waals surface area contributed by atoms with Gasteiger partial charge in [0.2, 0.25) is 0 Å². The second-order valence-corrected chi connectivity index (χ2v) is 5.31. The molecule has 0 unspecified atom stereocenters. The van der Waals surface area contributed by atoms with Crippen LogP contribution in [0, 0.1) is 6.92 Å². The van der Waals surface area contributed by atoms with Crippen LogP contribution < -0.4 is 0 Å². The van der Waals surface area contributed by atoms with Crippen LogP contribution in [-0.2, 0) is 4.74 Å².